The van der Waals surface area contributed by atoms with E-state index in [-0.39, 0.29) is 5.91 Å². The highest BCUT2D eigenvalue weighted by atomic mass is 16.2. The van der Waals surface area contributed by atoms with E-state index in [0.717, 1.165) is 50.6 Å². The average Bonchev–Trinajstić information content (AvgIpc) is 3.20. The second kappa shape index (κ2) is 7.96. The summed E-state index contributed by atoms with van der Waals surface area (Å²) in [7, 11) is 0. The van der Waals surface area contributed by atoms with Crippen LogP contribution in [0.5, 0.6) is 0 Å². The highest BCUT2D eigenvalue weighted by Crippen LogP contribution is 2.32. The fraction of sp³-hybridized carbons (Fsp3) is 0.476. The van der Waals surface area contributed by atoms with Gasteiger partial charge in [0.25, 0.3) is 5.91 Å². The zero-order valence-corrected chi connectivity index (χ0v) is 15.1. The third-order valence-corrected chi connectivity index (χ3v) is 5.87. The zero-order valence-electron chi connectivity index (χ0n) is 15.1. The Morgan fingerprint density at radius 1 is 0.962 bits per heavy atom. The maximum absolute atomic E-state index is 12.6. The van der Waals surface area contributed by atoms with Crippen LogP contribution >= 0.6 is 0 Å². The highest BCUT2D eigenvalue weighted by Gasteiger charge is 2.33. The Hall–Kier alpha value is -2.27. The minimum atomic E-state index is 0.156. The van der Waals surface area contributed by atoms with E-state index in [0.29, 0.717) is 5.92 Å². The first-order chi connectivity index (χ1) is 12.8. The van der Waals surface area contributed by atoms with Gasteiger partial charge in [-0.2, -0.15) is 0 Å². The molecule has 0 unspecified atom stereocenters. The fourth-order valence-electron chi connectivity index (χ4n) is 4.37. The molecule has 0 spiro atoms. The van der Waals surface area contributed by atoms with Crippen LogP contribution in [0.1, 0.15) is 35.2 Å². The molecule has 2 aromatic rings. The highest BCUT2D eigenvalue weighted by molar-refractivity contribution is 5.94. The summed E-state index contributed by atoms with van der Waals surface area (Å²) in [5.41, 5.74) is 2.05. The second-order valence-corrected chi connectivity index (χ2v) is 7.51. The van der Waals surface area contributed by atoms with E-state index in [1.165, 1.54) is 18.4 Å². The third kappa shape index (κ3) is 3.93. The van der Waals surface area contributed by atoms with E-state index in [2.05, 4.69) is 20.9 Å². The predicted octanol–water partition coefficient (Wildman–Crippen LogP) is 2.85. The van der Waals surface area contributed by atoms with Crippen LogP contribution in [0.2, 0.25) is 0 Å². The fourth-order valence-corrected chi connectivity index (χ4v) is 4.37. The molecule has 2 aliphatic heterocycles. The minimum absolute atomic E-state index is 0.156. The van der Waals surface area contributed by atoms with Gasteiger partial charge in [-0.1, -0.05) is 6.07 Å². The normalized spacial score (nSPS) is 21.8. The van der Waals surface area contributed by atoms with Gasteiger partial charge in [-0.25, -0.2) is 0 Å². The molecule has 0 bridgehead atoms. The lowest BCUT2D eigenvalue weighted by atomic mass is 9.83. The van der Waals surface area contributed by atoms with Crippen LogP contribution in [0.4, 0.5) is 0 Å². The molecule has 5 nitrogen and oxygen atoms in total. The largest absolute Gasteiger partial charge is 0.338 e. The van der Waals surface area contributed by atoms with Crippen LogP contribution in [0.3, 0.4) is 0 Å². The first-order valence-corrected chi connectivity index (χ1v) is 9.60. The topological polar surface area (TPSA) is 49.3 Å². The molecule has 0 radical (unpaired) electrons. The molecule has 5 heteroatoms. The second-order valence-electron chi connectivity index (χ2n) is 7.51. The van der Waals surface area contributed by atoms with Crippen molar-refractivity contribution in [1.82, 2.24) is 19.8 Å². The van der Waals surface area contributed by atoms with Crippen LogP contribution in [0.25, 0.3) is 0 Å². The average molecular weight is 350 g/mol. The summed E-state index contributed by atoms with van der Waals surface area (Å²) < 4.78 is 0. The molecule has 1 atom stereocenters. The molecule has 2 saturated heterocycles. The van der Waals surface area contributed by atoms with Crippen molar-refractivity contribution in [2.75, 3.05) is 26.2 Å². The number of carbonyl (C=O) groups excluding carboxylic acids is 1. The standard InChI is InChI=1S/C21H26N4O/c26-21(19-3-9-22-10-4-19)25-13-7-20(16-25)18-5-11-24(12-6-18)15-17-2-1-8-23-14-17/h1-4,8-10,14,18,20H,5-7,11-13,15-16H2/t20-/m1/s1. The van der Waals surface area contributed by atoms with Crippen molar-refractivity contribution in [3.63, 3.8) is 0 Å². The van der Waals surface area contributed by atoms with Crippen molar-refractivity contribution in [2.24, 2.45) is 11.8 Å². The van der Waals surface area contributed by atoms with E-state index in [9.17, 15) is 4.79 Å². The maximum atomic E-state index is 12.6. The number of piperidine rings is 1. The van der Waals surface area contributed by atoms with Gasteiger partial charge in [0.2, 0.25) is 0 Å². The van der Waals surface area contributed by atoms with Gasteiger partial charge < -0.3 is 4.90 Å². The molecule has 4 rings (SSSR count). The summed E-state index contributed by atoms with van der Waals surface area (Å²) in [6.45, 7) is 5.09. The van der Waals surface area contributed by atoms with E-state index in [1.807, 2.05) is 35.5 Å². The van der Waals surface area contributed by atoms with Gasteiger partial charge in [0.1, 0.15) is 0 Å². The van der Waals surface area contributed by atoms with Crippen LogP contribution in [-0.2, 0) is 6.54 Å². The summed E-state index contributed by atoms with van der Waals surface area (Å²) in [6.07, 6.45) is 10.8. The number of pyridine rings is 2. The van der Waals surface area contributed by atoms with Crippen molar-refractivity contribution in [3.8, 4) is 0 Å². The van der Waals surface area contributed by atoms with Crippen molar-refractivity contribution < 1.29 is 4.79 Å². The lowest BCUT2D eigenvalue weighted by molar-refractivity contribution is 0.0773. The smallest absolute Gasteiger partial charge is 0.253 e. The Morgan fingerprint density at radius 3 is 2.46 bits per heavy atom. The molecular weight excluding hydrogens is 324 g/mol. The molecule has 26 heavy (non-hydrogen) atoms. The van der Waals surface area contributed by atoms with Gasteiger partial charge in [0.05, 0.1) is 0 Å². The molecule has 0 N–H and O–H groups in total. The van der Waals surface area contributed by atoms with Gasteiger partial charge in [0.15, 0.2) is 0 Å². The Balaban J connectivity index is 1.27. The van der Waals surface area contributed by atoms with Crippen LogP contribution in [0, 0.1) is 11.8 Å². The molecule has 2 aliphatic rings. The van der Waals surface area contributed by atoms with Gasteiger partial charge in [0, 0.05) is 50.0 Å². The number of amides is 1. The summed E-state index contributed by atoms with van der Waals surface area (Å²) >= 11 is 0. The summed E-state index contributed by atoms with van der Waals surface area (Å²) in [6, 6.07) is 7.78. The SMILES string of the molecule is O=C(c1ccncc1)N1CC[C@@H](C2CCN(Cc3cccnc3)CC2)C1. The number of rotatable bonds is 4. The summed E-state index contributed by atoms with van der Waals surface area (Å²) in [5, 5.41) is 0. The molecule has 1 amide bonds. The van der Waals surface area contributed by atoms with Gasteiger partial charge in [-0.3, -0.25) is 19.7 Å². The monoisotopic (exact) mass is 350 g/mol. The number of hydrogen-bond acceptors (Lipinski definition) is 4. The minimum Gasteiger partial charge on any atom is -0.338 e. The van der Waals surface area contributed by atoms with E-state index < -0.39 is 0 Å². The summed E-state index contributed by atoms with van der Waals surface area (Å²) in [5.74, 6) is 1.56. The lowest BCUT2D eigenvalue weighted by Crippen LogP contribution is -2.37. The van der Waals surface area contributed by atoms with Crippen molar-refractivity contribution in [3.05, 3.63) is 60.2 Å². The molecule has 136 valence electrons. The Kier molecular flexibility index (Phi) is 5.25. The predicted molar refractivity (Wildman–Crippen MR) is 100 cm³/mol. The number of nitrogens with zero attached hydrogens (tertiary/aromatic N) is 4. The van der Waals surface area contributed by atoms with E-state index in [1.54, 1.807) is 12.4 Å². The molecule has 0 aromatic carbocycles. The third-order valence-electron chi connectivity index (χ3n) is 5.87. The van der Waals surface area contributed by atoms with Crippen LogP contribution in [-0.4, -0.2) is 51.9 Å². The Labute approximate surface area is 155 Å². The van der Waals surface area contributed by atoms with Crippen molar-refractivity contribution in [2.45, 2.75) is 25.8 Å². The summed E-state index contributed by atoms with van der Waals surface area (Å²) in [4.78, 5) is 25.4. The first kappa shape index (κ1) is 17.2. The van der Waals surface area contributed by atoms with Gasteiger partial charge in [-0.05, 0) is 68.0 Å². The number of hydrogen-bond donors (Lipinski definition) is 0. The Bertz CT molecular complexity index is 713. The van der Waals surface area contributed by atoms with E-state index in [4.69, 9.17) is 0 Å². The Morgan fingerprint density at radius 2 is 1.73 bits per heavy atom. The lowest BCUT2D eigenvalue weighted by Gasteiger charge is -2.34. The van der Waals surface area contributed by atoms with Crippen LogP contribution in [0.15, 0.2) is 49.1 Å². The molecule has 2 fully saturated rings. The van der Waals surface area contributed by atoms with Gasteiger partial charge in [-0.15, -0.1) is 0 Å². The zero-order chi connectivity index (χ0) is 17.8. The molecule has 0 saturated carbocycles. The first-order valence-electron chi connectivity index (χ1n) is 9.60. The molecule has 0 aliphatic carbocycles. The van der Waals surface area contributed by atoms with Crippen molar-refractivity contribution in [1.29, 1.82) is 0 Å². The molecule has 2 aromatic heterocycles. The quantitative estimate of drug-likeness (QED) is 0.851. The van der Waals surface area contributed by atoms with E-state index >= 15 is 0 Å². The number of likely N-dealkylation sites (tertiary alicyclic amines) is 2. The van der Waals surface area contributed by atoms with Gasteiger partial charge >= 0.3 is 0 Å². The van der Waals surface area contributed by atoms with Crippen LogP contribution < -0.4 is 0 Å². The molecule has 4 heterocycles. The van der Waals surface area contributed by atoms with Crippen molar-refractivity contribution >= 4 is 5.91 Å². The molecular formula is C21H26N4O. The number of aromatic nitrogens is 2. The maximum Gasteiger partial charge on any atom is 0.253 e. The number of carbonyl (C=O) groups is 1.